The molecule has 1 N–H and O–H groups in total. The fraction of sp³-hybridized carbons (Fsp3) is 0.308. The number of carbonyl (C=O) groups excluding carboxylic acids is 1. The van der Waals surface area contributed by atoms with Crippen LogP contribution in [0.25, 0.3) is 10.9 Å². The van der Waals surface area contributed by atoms with Gasteiger partial charge in [-0.2, -0.15) is 0 Å². The van der Waals surface area contributed by atoms with Crippen molar-refractivity contribution in [2.45, 2.75) is 26.3 Å². The fourth-order valence-electron chi connectivity index (χ4n) is 1.84. The number of carboxylic acids is 1. The zero-order chi connectivity index (χ0) is 13.1. The van der Waals surface area contributed by atoms with Gasteiger partial charge < -0.3 is 9.67 Å². The third kappa shape index (κ3) is 2.74. The van der Waals surface area contributed by atoms with E-state index >= 15 is 0 Å². The Morgan fingerprint density at radius 3 is 2.89 bits per heavy atom. The number of hydrogen-bond acceptors (Lipinski definition) is 3. The highest BCUT2D eigenvalue weighted by atomic mass is 16.4. The van der Waals surface area contributed by atoms with E-state index in [4.69, 9.17) is 5.11 Å². The maximum absolute atomic E-state index is 11.6. The van der Waals surface area contributed by atoms with Crippen molar-refractivity contribution in [2.24, 2.45) is 0 Å². The second-order valence-electron chi connectivity index (χ2n) is 4.26. The first-order valence-corrected chi connectivity index (χ1v) is 5.71. The zero-order valence-corrected chi connectivity index (χ0v) is 10.1. The van der Waals surface area contributed by atoms with Crippen LogP contribution in [0.5, 0.6) is 0 Å². The number of carboxylic acid groups (broad SMARTS) is 1. The summed E-state index contributed by atoms with van der Waals surface area (Å²) in [5.41, 5.74) is 1.84. The molecule has 0 saturated heterocycles. The van der Waals surface area contributed by atoms with Crippen LogP contribution in [0.4, 0.5) is 0 Å². The summed E-state index contributed by atoms with van der Waals surface area (Å²) in [5.74, 6) is -1.02. The molecule has 0 amide bonds. The molecule has 5 heteroatoms. The van der Waals surface area contributed by atoms with E-state index in [1.54, 1.807) is 6.20 Å². The van der Waals surface area contributed by atoms with Gasteiger partial charge in [-0.15, -0.1) is 0 Å². The van der Waals surface area contributed by atoms with Crippen molar-refractivity contribution >= 4 is 22.7 Å². The van der Waals surface area contributed by atoms with Crippen LogP contribution in [-0.2, 0) is 16.1 Å². The summed E-state index contributed by atoms with van der Waals surface area (Å²) in [7, 11) is 0. The zero-order valence-electron chi connectivity index (χ0n) is 10.1. The Morgan fingerprint density at radius 1 is 1.39 bits per heavy atom. The molecule has 0 fully saturated rings. The first-order chi connectivity index (χ1) is 8.56. The lowest BCUT2D eigenvalue weighted by atomic mass is 10.2. The topological polar surface area (TPSA) is 72.2 Å². The minimum atomic E-state index is -0.944. The van der Waals surface area contributed by atoms with Gasteiger partial charge in [-0.3, -0.25) is 14.6 Å². The van der Waals surface area contributed by atoms with E-state index in [0.717, 1.165) is 16.6 Å². The number of hydrogen-bond donors (Lipinski definition) is 1. The monoisotopic (exact) mass is 246 g/mol. The van der Waals surface area contributed by atoms with Crippen LogP contribution in [0.2, 0.25) is 0 Å². The van der Waals surface area contributed by atoms with Crippen LogP contribution in [-0.4, -0.2) is 26.4 Å². The van der Waals surface area contributed by atoms with Crippen LogP contribution < -0.4 is 0 Å². The molecule has 0 saturated carbocycles. The molecule has 18 heavy (non-hydrogen) atoms. The van der Waals surface area contributed by atoms with Crippen LogP contribution in [0, 0.1) is 6.92 Å². The van der Waals surface area contributed by atoms with Gasteiger partial charge in [0.1, 0.15) is 0 Å². The lowest BCUT2D eigenvalue weighted by Crippen LogP contribution is -2.11. The Labute approximate surface area is 104 Å². The molecule has 0 aliphatic heterocycles. The smallest absolute Gasteiger partial charge is 0.303 e. The van der Waals surface area contributed by atoms with Crippen molar-refractivity contribution in [3.8, 4) is 0 Å². The van der Waals surface area contributed by atoms with Crippen molar-refractivity contribution < 1.29 is 14.7 Å². The summed E-state index contributed by atoms with van der Waals surface area (Å²) in [6.07, 6.45) is 3.55. The molecule has 2 rings (SSSR count). The first-order valence-electron chi connectivity index (χ1n) is 5.71. The third-order valence-corrected chi connectivity index (χ3v) is 2.76. The van der Waals surface area contributed by atoms with Crippen molar-refractivity contribution in [2.75, 3.05) is 0 Å². The van der Waals surface area contributed by atoms with E-state index in [-0.39, 0.29) is 25.2 Å². The summed E-state index contributed by atoms with van der Waals surface area (Å²) in [4.78, 5) is 26.2. The Bertz CT molecular complexity index is 601. The maximum atomic E-state index is 11.6. The number of aliphatic carboxylic acids is 1. The number of nitrogens with zero attached hydrogens (tertiary/aromatic N) is 2. The summed E-state index contributed by atoms with van der Waals surface area (Å²) in [5, 5.41) is 9.51. The maximum Gasteiger partial charge on any atom is 0.303 e. The standard InChI is InChI=1S/C13H14N2O3/c1-9-6-12-10(7-14-9)4-5-15(12)8-11(16)2-3-13(17)18/h4-7H,2-3,8H2,1H3,(H,17,18). The predicted molar refractivity (Wildman–Crippen MR) is 66.3 cm³/mol. The van der Waals surface area contributed by atoms with Gasteiger partial charge in [0.15, 0.2) is 5.78 Å². The van der Waals surface area contributed by atoms with E-state index in [9.17, 15) is 9.59 Å². The van der Waals surface area contributed by atoms with Crippen molar-refractivity contribution in [3.05, 3.63) is 30.2 Å². The van der Waals surface area contributed by atoms with Crippen LogP contribution in [0.1, 0.15) is 18.5 Å². The van der Waals surface area contributed by atoms with Crippen LogP contribution in [0.3, 0.4) is 0 Å². The minimum absolute atomic E-state index is 0.0685. The summed E-state index contributed by atoms with van der Waals surface area (Å²) in [6, 6.07) is 3.81. The average Bonchev–Trinajstić information content (AvgIpc) is 2.69. The quantitative estimate of drug-likeness (QED) is 0.872. The Balaban J connectivity index is 2.14. The highest BCUT2D eigenvalue weighted by Crippen LogP contribution is 2.15. The molecule has 0 spiro atoms. The largest absolute Gasteiger partial charge is 0.481 e. The molecule has 0 aliphatic rings. The average molecular weight is 246 g/mol. The molecule has 0 atom stereocenters. The minimum Gasteiger partial charge on any atom is -0.481 e. The normalized spacial score (nSPS) is 10.7. The molecule has 2 heterocycles. The number of Topliss-reactive ketones (excluding diaryl/α,β-unsaturated/α-hetero) is 1. The van der Waals surface area contributed by atoms with Gasteiger partial charge in [0, 0.05) is 29.9 Å². The Hall–Kier alpha value is -2.17. The van der Waals surface area contributed by atoms with Gasteiger partial charge in [-0.25, -0.2) is 0 Å². The van der Waals surface area contributed by atoms with Gasteiger partial charge in [0.25, 0.3) is 0 Å². The molecular weight excluding hydrogens is 232 g/mol. The third-order valence-electron chi connectivity index (χ3n) is 2.76. The number of aryl methyl sites for hydroxylation is 1. The van der Waals surface area contributed by atoms with E-state index in [2.05, 4.69) is 4.98 Å². The van der Waals surface area contributed by atoms with E-state index in [1.807, 2.05) is 29.8 Å². The van der Waals surface area contributed by atoms with Crippen molar-refractivity contribution in [1.29, 1.82) is 0 Å². The molecule has 94 valence electrons. The van der Waals surface area contributed by atoms with Gasteiger partial charge >= 0.3 is 5.97 Å². The van der Waals surface area contributed by atoms with Gasteiger partial charge in [-0.1, -0.05) is 0 Å². The van der Waals surface area contributed by atoms with E-state index in [1.165, 1.54) is 0 Å². The summed E-state index contributed by atoms with van der Waals surface area (Å²) in [6.45, 7) is 2.10. The Kier molecular flexibility index (Phi) is 3.41. The van der Waals surface area contributed by atoms with Crippen molar-refractivity contribution in [3.63, 3.8) is 0 Å². The number of rotatable bonds is 5. The van der Waals surface area contributed by atoms with Crippen molar-refractivity contribution in [1.82, 2.24) is 9.55 Å². The number of pyridine rings is 1. The van der Waals surface area contributed by atoms with Crippen LogP contribution >= 0.6 is 0 Å². The summed E-state index contributed by atoms with van der Waals surface area (Å²) >= 11 is 0. The second-order valence-corrected chi connectivity index (χ2v) is 4.26. The first kappa shape index (κ1) is 12.3. The number of fused-ring (bicyclic) bond motifs is 1. The van der Waals surface area contributed by atoms with Gasteiger partial charge in [0.2, 0.25) is 0 Å². The van der Waals surface area contributed by atoms with Gasteiger partial charge in [0.05, 0.1) is 18.5 Å². The van der Waals surface area contributed by atoms with Crippen LogP contribution in [0.15, 0.2) is 24.5 Å². The fourth-order valence-corrected chi connectivity index (χ4v) is 1.84. The molecule has 0 aliphatic carbocycles. The highest BCUT2D eigenvalue weighted by Gasteiger charge is 2.08. The lowest BCUT2D eigenvalue weighted by Gasteiger charge is -2.04. The highest BCUT2D eigenvalue weighted by molar-refractivity contribution is 5.85. The second kappa shape index (κ2) is 5.00. The van der Waals surface area contributed by atoms with E-state index in [0.29, 0.717) is 0 Å². The molecule has 2 aromatic rings. The SMILES string of the molecule is Cc1cc2c(ccn2CC(=O)CCC(=O)O)cn1. The lowest BCUT2D eigenvalue weighted by molar-refractivity contribution is -0.138. The summed E-state index contributed by atoms with van der Waals surface area (Å²) < 4.78 is 1.83. The van der Waals surface area contributed by atoms with Gasteiger partial charge in [-0.05, 0) is 19.1 Å². The number of carbonyl (C=O) groups is 2. The molecule has 0 aromatic carbocycles. The number of aromatic nitrogens is 2. The van der Waals surface area contributed by atoms with E-state index < -0.39 is 5.97 Å². The number of ketones is 1. The predicted octanol–water partition coefficient (Wildman–Crippen LogP) is 1.78. The molecule has 5 nitrogen and oxygen atoms in total. The molecule has 0 radical (unpaired) electrons. The molecular formula is C13H14N2O3. The molecule has 2 aromatic heterocycles. The molecule has 0 unspecified atom stereocenters. The Morgan fingerprint density at radius 2 is 2.17 bits per heavy atom. The molecule has 0 bridgehead atoms.